The minimum absolute atomic E-state index is 0.229. The Hall–Kier alpha value is -2.92. The Labute approximate surface area is 206 Å². The summed E-state index contributed by atoms with van der Waals surface area (Å²) in [5.41, 5.74) is 4.78. The van der Waals surface area contributed by atoms with Crippen LogP contribution in [0.15, 0.2) is 70.2 Å². The van der Waals surface area contributed by atoms with Gasteiger partial charge in [0.15, 0.2) is 0 Å². The Balaban J connectivity index is 1.58. The number of halogens is 2. The Bertz CT molecular complexity index is 1170. The van der Waals surface area contributed by atoms with Crippen LogP contribution in [-0.4, -0.2) is 30.3 Å². The van der Waals surface area contributed by atoms with Gasteiger partial charge in [0.05, 0.1) is 26.9 Å². The number of methoxy groups -OCH3 is 1. The monoisotopic (exact) mass is 608 g/mol. The highest BCUT2D eigenvalue weighted by molar-refractivity contribution is 14.1. The number of nitrogens with zero attached hydrogens (tertiary/aromatic N) is 1. The molecule has 0 bridgehead atoms. The maximum absolute atomic E-state index is 12.3. The van der Waals surface area contributed by atoms with Gasteiger partial charge in [-0.15, -0.1) is 0 Å². The number of hydrogen-bond donors (Lipinski definition) is 2. The highest BCUT2D eigenvalue weighted by atomic mass is 127. The Morgan fingerprint density at radius 2 is 1.78 bits per heavy atom. The number of carboxylic acid groups (broad SMARTS) is 1. The third-order valence-electron chi connectivity index (χ3n) is 4.34. The van der Waals surface area contributed by atoms with Crippen molar-refractivity contribution in [1.29, 1.82) is 0 Å². The van der Waals surface area contributed by atoms with Crippen molar-refractivity contribution in [3.8, 4) is 11.5 Å². The third-order valence-corrected chi connectivity index (χ3v) is 5.86. The van der Waals surface area contributed by atoms with Crippen LogP contribution in [0.5, 0.6) is 11.5 Å². The zero-order valence-corrected chi connectivity index (χ0v) is 20.6. The van der Waals surface area contributed by atoms with E-state index in [9.17, 15) is 9.59 Å². The van der Waals surface area contributed by atoms with E-state index in [-0.39, 0.29) is 11.5 Å². The van der Waals surface area contributed by atoms with Crippen molar-refractivity contribution in [3.05, 3.63) is 91.0 Å². The van der Waals surface area contributed by atoms with Crippen LogP contribution in [0.25, 0.3) is 0 Å². The molecule has 164 valence electrons. The van der Waals surface area contributed by atoms with Gasteiger partial charge in [0.1, 0.15) is 18.1 Å². The lowest BCUT2D eigenvalue weighted by Crippen LogP contribution is -2.17. The van der Waals surface area contributed by atoms with Crippen molar-refractivity contribution >= 4 is 56.6 Å². The number of benzene rings is 3. The van der Waals surface area contributed by atoms with E-state index in [2.05, 4.69) is 49.0 Å². The first-order valence-corrected chi connectivity index (χ1v) is 11.2. The van der Waals surface area contributed by atoms with Gasteiger partial charge in [-0.25, -0.2) is 10.2 Å². The van der Waals surface area contributed by atoms with Crippen LogP contribution >= 0.6 is 38.5 Å². The molecule has 0 aliphatic rings. The summed E-state index contributed by atoms with van der Waals surface area (Å²) in [4.78, 5) is 23.2. The minimum atomic E-state index is -0.966. The van der Waals surface area contributed by atoms with Crippen LogP contribution in [0.4, 0.5) is 0 Å². The largest absolute Gasteiger partial charge is 0.496 e. The molecule has 0 aromatic heterocycles. The van der Waals surface area contributed by atoms with Crippen LogP contribution in [-0.2, 0) is 6.61 Å². The Kier molecular flexibility index (Phi) is 8.23. The lowest BCUT2D eigenvalue weighted by atomic mass is 10.1. The SMILES string of the molecule is COc1cc(C(=O)N/N=C\c2ccc(OCc3ccc(C(=O)O)cc3)c(Br)c2)ccc1I. The van der Waals surface area contributed by atoms with Gasteiger partial charge in [0.25, 0.3) is 5.91 Å². The molecule has 0 saturated carbocycles. The number of nitrogens with one attached hydrogen (secondary N) is 1. The summed E-state index contributed by atoms with van der Waals surface area (Å²) in [6.45, 7) is 0.293. The Morgan fingerprint density at radius 3 is 2.44 bits per heavy atom. The van der Waals surface area contributed by atoms with Gasteiger partial charge >= 0.3 is 5.97 Å². The van der Waals surface area contributed by atoms with Gasteiger partial charge in [-0.2, -0.15) is 5.10 Å². The molecule has 0 saturated heterocycles. The molecule has 0 spiro atoms. The molecule has 0 aliphatic carbocycles. The second kappa shape index (κ2) is 11.1. The molecule has 32 heavy (non-hydrogen) atoms. The summed E-state index contributed by atoms with van der Waals surface area (Å²) in [5.74, 6) is -0.0603. The predicted molar refractivity (Wildman–Crippen MR) is 133 cm³/mol. The van der Waals surface area contributed by atoms with E-state index in [0.29, 0.717) is 23.7 Å². The predicted octanol–water partition coefficient (Wildman–Crippen LogP) is 5.10. The molecule has 9 heteroatoms. The van der Waals surface area contributed by atoms with Gasteiger partial charge in [-0.05, 0) is 98.2 Å². The average Bonchev–Trinajstić information content (AvgIpc) is 2.79. The van der Waals surface area contributed by atoms with E-state index in [0.717, 1.165) is 19.2 Å². The molecule has 7 nitrogen and oxygen atoms in total. The molecular weight excluding hydrogens is 591 g/mol. The molecule has 0 aliphatic heterocycles. The average molecular weight is 609 g/mol. The number of carboxylic acids is 1. The summed E-state index contributed by atoms with van der Waals surface area (Å²) < 4.78 is 12.7. The van der Waals surface area contributed by atoms with Gasteiger partial charge in [-0.3, -0.25) is 4.79 Å². The third kappa shape index (κ3) is 6.30. The fourth-order valence-electron chi connectivity index (χ4n) is 2.65. The highest BCUT2D eigenvalue weighted by Gasteiger charge is 2.09. The van der Waals surface area contributed by atoms with Crippen molar-refractivity contribution in [3.63, 3.8) is 0 Å². The lowest BCUT2D eigenvalue weighted by Gasteiger charge is -2.09. The van der Waals surface area contributed by atoms with Gasteiger partial charge in [0.2, 0.25) is 0 Å². The van der Waals surface area contributed by atoms with Gasteiger partial charge in [0, 0.05) is 5.56 Å². The van der Waals surface area contributed by atoms with Crippen molar-refractivity contribution in [2.24, 2.45) is 5.10 Å². The van der Waals surface area contributed by atoms with Crippen LogP contribution < -0.4 is 14.9 Å². The van der Waals surface area contributed by atoms with E-state index < -0.39 is 5.97 Å². The topological polar surface area (TPSA) is 97.2 Å². The summed E-state index contributed by atoms with van der Waals surface area (Å²) in [5, 5.41) is 13.0. The van der Waals surface area contributed by atoms with Gasteiger partial charge in [-0.1, -0.05) is 12.1 Å². The molecule has 2 N–H and O–H groups in total. The van der Waals surface area contributed by atoms with E-state index in [1.807, 2.05) is 6.07 Å². The van der Waals surface area contributed by atoms with Crippen molar-refractivity contribution in [2.45, 2.75) is 6.61 Å². The number of amides is 1. The van der Waals surface area contributed by atoms with Crippen molar-refractivity contribution in [2.75, 3.05) is 7.11 Å². The maximum atomic E-state index is 12.3. The Morgan fingerprint density at radius 1 is 1.06 bits per heavy atom. The summed E-state index contributed by atoms with van der Waals surface area (Å²) in [6.07, 6.45) is 1.53. The molecule has 3 aromatic carbocycles. The molecule has 1 amide bonds. The number of aromatic carboxylic acids is 1. The molecule has 3 aromatic rings. The van der Waals surface area contributed by atoms with E-state index in [4.69, 9.17) is 14.6 Å². The normalized spacial score (nSPS) is 10.7. The van der Waals surface area contributed by atoms with E-state index >= 15 is 0 Å². The second-order valence-electron chi connectivity index (χ2n) is 6.53. The second-order valence-corrected chi connectivity index (χ2v) is 8.55. The zero-order chi connectivity index (χ0) is 23.1. The first kappa shape index (κ1) is 23.7. The number of carbonyl (C=O) groups is 2. The van der Waals surface area contributed by atoms with E-state index in [1.165, 1.54) is 18.3 Å². The van der Waals surface area contributed by atoms with Crippen LogP contribution in [0.3, 0.4) is 0 Å². The van der Waals surface area contributed by atoms with Crippen molar-refractivity contribution < 1.29 is 24.2 Å². The number of hydrazone groups is 1. The quantitative estimate of drug-likeness (QED) is 0.211. The highest BCUT2D eigenvalue weighted by Crippen LogP contribution is 2.26. The molecule has 0 atom stereocenters. The first-order valence-electron chi connectivity index (χ1n) is 9.29. The number of carbonyl (C=O) groups excluding carboxylic acids is 1. The number of ether oxygens (including phenoxy) is 2. The minimum Gasteiger partial charge on any atom is -0.496 e. The standard InChI is InChI=1S/C23H18BrIN2O5/c1-31-21-11-17(7-8-19(21)25)22(28)27-26-12-15-4-9-20(18(24)10-15)32-13-14-2-5-16(6-3-14)23(29)30/h2-12H,13H2,1H3,(H,27,28)(H,29,30)/b26-12-. The van der Waals surface area contributed by atoms with E-state index in [1.54, 1.807) is 49.6 Å². The van der Waals surface area contributed by atoms with Crippen molar-refractivity contribution in [1.82, 2.24) is 5.43 Å². The maximum Gasteiger partial charge on any atom is 0.335 e. The number of rotatable bonds is 8. The molecule has 0 radical (unpaired) electrons. The van der Waals surface area contributed by atoms with Crippen LogP contribution in [0.2, 0.25) is 0 Å². The first-order chi connectivity index (χ1) is 15.4. The smallest absolute Gasteiger partial charge is 0.335 e. The lowest BCUT2D eigenvalue weighted by molar-refractivity contribution is 0.0696. The molecule has 3 rings (SSSR count). The molecular formula is C23H18BrIN2O5. The summed E-state index contributed by atoms with van der Waals surface area (Å²) in [6, 6.07) is 17.1. The molecule has 0 heterocycles. The zero-order valence-electron chi connectivity index (χ0n) is 16.8. The molecule has 0 fully saturated rings. The van der Waals surface area contributed by atoms with Crippen LogP contribution in [0, 0.1) is 3.57 Å². The molecule has 0 unspecified atom stereocenters. The van der Waals surface area contributed by atoms with Gasteiger partial charge < -0.3 is 14.6 Å². The number of hydrogen-bond acceptors (Lipinski definition) is 5. The fraction of sp³-hybridized carbons (Fsp3) is 0.0870. The van der Waals surface area contributed by atoms with Crippen LogP contribution in [0.1, 0.15) is 31.8 Å². The summed E-state index contributed by atoms with van der Waals surface area (Å²) >= 11 is 5.60. The summed E-state index contributed by atoms with van der Waals surface area (Å²) in [7, 11) is 1.55. The fourth-order valence-corrected chi connectivity index (χ4v) is 3.72.